The van der Waals surface area contributed by atoms with Crippen molar-refractivity contribution in [2.45, 2.75) is 107 Å². The normalized spacial score (nSPS) is 15.1. The van der Waals surface area contributed by atoms with Crippen molar-refractivity contribution in [3.63, 3.8) is 0 Å². The molecule has 1 saturated heterocycles. The summed E-state index contributed by atoms with van der Waals surface area (Å²) in [6, 6.07) is 38.1. The van der Waals surface area contributed by atoms with Crippen molar-refractivity contribution in [2.24, 2.45) is 5.73 Å². The number of hydrogen-bond donors (Lipinski definition) is 12. The minimum absolute atomic E-state index is 0.0402. The van der Waals surface area contributed by atoms with E-state index >= 15 is 0 Å². The molecular formula is C106H97F3N30O7S4. The lowest BCUT2D eigenvalue weighted by molar-refractivity contribution is -0.115. The van der Waals surface area contributed by atoms with Gasteiger partial charge in [-0.05, 0) is 163 Å². The number of thiazole rings is 4. The van der Waals surface area contributed by atoms with E-state index in [1.807, 2.05) is 113 Å². The molecule has 3 aromatic carbocycles. The largest absolute Gasteiger partial charge is 0.497 e. The maximum absolute atomic E-state index is 14.6. The van der Waals surface area contributed by atoms with Crippen LogP contribution in [0, 0.1) is 17.7 Å². The molecule has 5 saturated carbocycles. The van der Waals surface area contributed by atoms with E-state index in [2.05, 4.69) is 142 Å². The van der Waals surface area contributed by atoms with Crippen LogP contribution < -0.4 is 107 Å². The molecule has 150 heavy (non-hydrogen) atoms. The number of aromatic amines is 4. The van der Waals surface area contributed by atoms with Gasteiger partial charge in [-0.25, -0.2) is 39.3 Å². The van der Waals surface area contributed by atoms with Crippen LogP contribution in [-0.2, 0) is 11.3 Å². The summed E-state index contributed by atoms with van der Waals surface area (Å²) in [5.74, 6) is 2.48. The van der Waals surface area contributed by atoms with Gasteiger partial charge in [-0.1, -0.05) is 85.9 Å². The van der Waals surface area contributed by atoms with E-state index in [1.54, 1.807) is 88.1 Å². The van der Waals surface area contributed by atoms with Crippen LogP contribution in [0.5, 0.6) is 5.75 Å². The Kier molecular flexibility index (Phi) is 27.8. The lowest BCUT2D eigenvalue weighted by atomic mass is 10.1. The second-order valence-corrected chi connectivity index (χ2v) is 41.2. The monoisotopic (exact) mass is 2090 g/mol. The summed E-state index contributed by atoms with van der Waals surface area (Å²) in [5.41, 5.74) is 21.8. The maximum Gasteiger partial charge on any atom is 0.305 e. The topological polar surface area (TPSA) is 465 Å². The lowest BCUT2D eigenvalue weighted by Crippen LogP contribution is -2.31. The van der Waals surface area contributed by atoms with Crippen LogP contribution in [0.4, 0.5) is 42.3 Å². The molecule has 0 radical (unpaired) electrons. The van der Waals surface area contributed by atoms with E-state index in [0.717, 1.165) is 176 Å². The molecule has 758 valence electrons. The Morgan fingerprint density at radius 2 is 0.820 bits per heavy atom. The summed E-state index contributed by atoms with van der Waals surface area (Å²) in [4.78, 5) is 116. The zero-order chi connectivity index (χ0) is 104. The van der Waals surface area contributed by atoms with Gasteiger partial charge in [0.25, 0.3) is 22.9 Å². The number of nitrogens with zero attached hydrogens (tertiary/aromatic N) is 18. The number of H-pyrrole nitrogens is 4. The van der Waals surface area contributed by atoms with E-state index in [-0.39, 0.29) is 32.3 Å². The fraction of sp³-hybridized carbons (Fsp3) is 0.208. The number of halogens is 3. The van der Waals surface area contributed by atoms with Crippen LogP contribution in [0.1, 0.15) is 114 Å². The van der Waals surface area contributed by atoms with Gasteiger partial charge in [0, 0.05) is 178 Å². The second kappa shape index (κ2) is 42.3. The zero-order valence-electron chi connectivity index (χ0n) is 81.0. The first-order chi connectivity index (χ1) is 72.6. The SMILES string of the molecule is C=C1C/C(=C\c2cnn3c(NC4CC4)cc(-c4ccc(F)c(C(=O)NCCN(C)C)c4)nc23)C(=O)N1.C=c1[nH]c(=O)/c(=C/c2cnn3c(NC4CC4)cc(-c4ccnc(F)c4)nc23)s1.C=c1[nH]c(=O)/c(=C/c2cnn3c(NC4CC4)cc(-c4ccnc(F)c4)nc23)s1.C=c1[nH]c(=O)s/c1=C\c1cnn2c(NC3CC3)cc(-c3cccc(CN)c3)nc12.C=c1[nH]c(=O)s/c1=C\c1cnn2c(NC3CC3)cc(-c3cccc(OC)c3)nc12. The third-order valence-electron chi connectivity index (χ3n) is 24.7. The Labute approximate surface area is 864 Å². The van der Waals surface area contributed by atoms with E-state index in [1.165, 1.54) is 59.3 Å². The highest BCUT2D eigenvalue weighted by Gasteiger charge is 2.31. The number of likely N-dealkylation sites (N-methyl/N-ethyl adjacent to an activating group) is 1. The zero-order valence-corrected chi connectivity index (χ0v) is 84.3. The second-order valence-electron chi connectivity index (χ2n) is 36.9. The van der Waals surface area contributed by atoms with Crippen molar-refractivity contribution in [1.29, 1.82) is 0 Å². The Hall–Kier alpha value is -17.3. The molecule has 37 nitrogen and oxygen atoms in total. The number of ether oxygens (including phenoxy) is 1. The number of methoxy groups -OCH3 is 1. The van der Waals surface area contributed by atoms with Gasteiger partial charge >= 0.3 is 9.75 Å². The van der Waals surface area contributed by atoms with Gasteiger partial charge in [-0.3, -0.25) is 28.8 Å². The van der Waals surface area contributed by atoms with Crippen LogP contribution in [0.3, 0.4) is 0 Å². The van der Waals surface area contributed by atoms with Crippen LogP contribution >= 0.6 is 45.3 Å². The van der Waals surface area contributed by atoms with Crippen molar-refractivity contribution in [3.05, 3.63) is 317 Å². The molecule has 17 heterocycles. The first-order valence-corrected chi connectivity index (χ1v) is 51.4. The van der Waals surface area contributed by atoms with Crippen LogP contribution in [0.2, 0.25) is 0 Å². The summed E-state index contributed by atoms with van der Waals surface area (Å²) in [6.45, 7) is 20.7. The Balaban J connectivity index is 0.000000110. The molecule has 5 aliphatic carbocycles. The predicted octanol–water partition coefficient (Wildman–Crippen LogP) is 9.19. The Morgan fingerprint density at radius 3 is 1.15 bits per heavy atom. The highest BCUT2D eigenvalue weighted by atomic mass is 32.1. The van der Waals surface area contributed by atoms with Crippen LogP contribution in [0.15, 0.2) is 202 Å². The summed E-state index contributed by atoms with van der Waals surface area (Å²) >= 11 is 4.80. The van der Waals surface area contributed by atoms with Crippen molar-refractivity contribution in [3.8, 4) is 62.0 Å². The Bertz CT molecular complexity index is 8950. The lowest BCUT2D eigenvalue weighted by Gasteiger charge is -2.13. The molecule has 44 heteroatoms. The fourth-order valence-corrected chi connectivity index (χ4v) is 19.3. The number of anilines is 5. The van der Waals surface area contributed by atoms with Gasteiger partial charge in [-0.2, -0.15) is 56.9 Å². The molecule has 16 aromatic heterocycles. The first kappa shape index (κ1) is 98.7. The average Bonchev–Trinajstić information content (AvgIpc) is 1.64. The minimum atomic E-state index is -0.597. The molecule has 6 fully saturated rings. The quantitative estimate of drug-likeness (QED) is 0.0177. The molecule has 0 spiro atoms. The van der Waals surface area contributed by atoms with Crippen LogP contribution in [0.25, 0.3) is 141 Å². The number of pyridine rings is 2. The molecule has 0 bridgehead atoms. The number of amides is 2. The molecule has 25 rings (SSSR count). The van der Waals surface area contributed by atoms with Gasteiger partial charge in [-0.15, -0.1) is 22.7 Å². The highest BCUT2D eigenvalue weighted by molar-refractivity contribution is 7.08. The molecule has 0 atom stereocenters. The number of aromatic nitrogens is 21. The number of nitrogens with one attached hydrogen (secondary N) is 11. The highest BCUT2D eigenvalue weighted by Crippen LogP contribution is 2.38. The number of carbonyl (C=O) groups excluding carboxylic acids is 2. The molecular weight excluding hydrogens is 1990 g/mol. The number of fused-ring (bicyclic) bond motifs is 5. The minimum Gasteiger partial charge on any atom is -0.497 e. The van der Waals surface area contributed by atoms with E-state index < -0.39 is 23.6 Å². The fourth-order valence-electron chi connectivity index (χ4n) is 16.4. The van der Waals surface area contributed by atoms with Crippen molar-refractivity contribution >= 4 is 171 Å². The number of allylic oxidation sites excluding steroid dienone is 1. The van der Waals surface area contributed by atoms with Crippen molar-refractivity contribution in [1.82, 2.24) is 118 Å². The number of carbonyl (C=O) groups is 2. The number of benzene rings is 3. The van der Waals surface area contributed by atoms with Gasteiger partial charge in [0.15, 0.2) is 28.2 Å². The smallest absolute Gasteiger partial charge is 0.305 e. The number of rotatable bonds is 26. The summed E-state index contributed by atoms with van der Waals surface area (Å²) in [5, 5.41) is 46.5. The van der Waals surface area contributed by atoms with E-state index in [9.17, 15) is 41.9 Å². The molecule has 1 aliphatic heterocycles. The molecule has 2 amide bonds. The van der Waals surface area contributed by atoms with Gasteiger partial charge < -0.3 is 72.5 Å². The average molecular weight is 2090 g/mol. The van der Waals surface area contributed by atoms with Crippen LogP contribution in [-0.4, -0.2) is 184 Å². The Morgan fingerprint density at radius 1 is 0.453 bits per heavy atom. The third kappa shape index (κ3) is 22.9. The number of hydrogen-bond acceptors (Lipinski definition) is 30. The standard InChI is InChI=1S/C26H28FN7O2.C21H20N6OS.C21H19N5O2S.2C19H15FN6OS/c1-15-10-17(25(35)30-15)11-18-14-29-34-23(31-19-5-6-19)13-22(32-24(18)34)16-4-7-21(27)20(12-16)26(36)28-8-9-33(2)3;1-12-18(29-21(28)24-12)8-15-11-23-27-19(25-16-5-6-16)9-17(26-20(15)27)14-4-2-3-13(7-14)10-22;1-12-18(29-21(27)23-12)9-14-11-22-26-19(24-15-6-7-15)10-17(25-20(14)26)13-4-3-5-16(8-13)28-2;2*1-10-23-19(27)15(28-10)6-12-9-22-26-17(24-13-2-3-13)8-14(25-18(12)26)11-4-5-21-16(20)7-11/h4,7,11-14,19,31H,1,5-6,8-10H2,2-3H3,(H,28,36)(H,30,35);2-4,7-9,11,16,25H,1,5-6,10,22H2,(H,24,28);3-5,8-11,15,24H,1,6-7H2,2H3,(H,23,27);2*4-9,13,24H,1-3H2,(H,23,27)/b17-11+;18-8-;18-9-;2*15-6-. The van der Waals surface area contributed by atoms with Gasteiger partial charge in [0.05, 0.1) is 110 Å². The predicted molar refractivity (Wildman–Crippen MR) is 579 cm³/mol. The van der Waals surface area contributed by atoms with E-state index in [4.69, 9.17) is 25.4 Å². The summed E-state index contributed by atoms with van der Waals surface area (Å²) in [7, 11) is 5.45. The number of nitrogens with two attached hydrogens (primary N) is 1. The third-order valence-corrected chi connectivity index (χ3v) is 28.2. The van der Waals surface area contributed by atoms with Gasteiger partial charge in [0.2, 0.25) is 11.9 Å². The summed E-state index contributed by atoms with van der Waals surface area (Å²) < 4.78 is 59.7. The van der Waals surface area contributed by atoms with Crippen molar-refractivity contribution in [2.75, 3.05) is 60.9 Å². The molecule has 6 aliphatic rings. The molecule has 13 N–H and O–H groups in total. The molecule has 0 unspecified atom stereocenters. The van der Waals surface area contributed by atoms with Crippen molar-refractivity contribution < 1.29 is 27.5 Å². The maximum atomic E-state index is 14.6. The molecule has 19 aromatic rings. The van der Waals surface area contributed by atoms with E-state index in [0.29, 0.717) is 170 Å². The first-order valence-electron chi connectivity index (χ1n) is 48.1. The van der Waals surface area contributed by atoms with Gasteiger partial charge in [0.1, 0.15) is 40.7 Å². The summed E-state index contributed by atoms with van der Waals surface area (Å²) in [6.07, 6.45) is 32.0.